The van der Waals surface area contributed by atoms with Gasteiger partial charge in [-0.05, 0) is 13.5 Å². The fraction of sp³-hybridized carbons (Fsp3) is 0.625. The number of thiazole rings is 1. The number of aromatic nitrogens is 1. The van der Waals surface area contributed by atoms with Gasteiger partial charge in [0, 0.05) is 11.4 Å². The summed E-state index contributed by atoms with van der Waals surface area (Å²) in [6.07, 6.45) is -4.32. The molecule has 0 amide bonds. The second-order valence-corrected chi connectivity index (χ2v) is 3.89. The van der Waals surface area contributed by atoms with Crippen LogP contribution in [0.15, 0.2) is 0 Å². The molecule has 1 rings (SSSR count). The molecule has 0 aromatic carbocycles. The SMILES string of the molecule is CCNCc1sc(C(F)(F)F)nc1C. The van der Waals surface area contributed by atoms with Gasteiger partial charge in [-0.1, -0.05) is 6.92 Å². The van der Waals surface area contributed by atoms with E-state index in [2.05, 4.69) is 10.3 Å². The lowest BCUT2D eigenvalue weighted by atomic mass is 10.4. The number of aryl methyl sites for hydroxylation is 1. The van der Waals surface area contributed by atoms with Crippen LogP contribution < -0.4 is 5.32 Å². The Balaban J connectivity index is 2.82. The van der Waals surface area contributed by atoms with Crippen LogP contribution >= 0.6 is 11.3 Å². The third kappa shape index (κ3) is 2.68. The third-order valence-electron chi connectivity index (χ3n) is 1.67. The van der Waals surface area contributed by atoms with Crippen LogP contribution in [0.3, 0.4) is 0 Å². The molecule has 0 spiro atoms. The Kier molecular flexibility index (Phi) is 3.49. The van der Waals surface area contributed by atoms with Crippen LogP contribution in [-0.2, 0) is 12.7 Å². The van der Waals surface area contributed by atoms with Crippen LogP contribution in [0.2, 0.25) is 0 Å². The van der Waals surface area contributed by atoms with Crippen LogP contribution in [0.4, 0.5) is 13.2 Å². The number of halogens is 3. The Labute approximate surface area is 84.2 Å². The van der Waals surface area contributed by atoms with Crippen LogP contribution in [0, 0.1) is 6.92 Å². The van der Waals surface area contributed by atoms with Crippen molar-refractivity contribution in [2.75, 3.05) is 6.54 Å². The van der Waals surface area contributed by atoms with Crippen molar-refractivity contribution in [2.24, 2.45) is 0 Å². The van der Waals surface area contributed by atoms with Crippen LogP contribution in [0.5, 0.6) is 0 Å². The zero-order chi connectivity index (χ0) is 10.8. The number of hydrogen-bond donors (Lipinski definition) is 1. The molecular weight excluding hydrogens is 213 g/mol. The number of rotatable bonds is 3. The maximum Gasteiger partial charge on any atom is 0.443 e. The Hall–Kier alpha value is -0.620. The van der Waals surface area contributed by atoms with Gasteiger partial charge in [0.2, 0.25) is 0 Å². The summed E-state index contributed by atoms with van der Waals surface area (Å²) in [6, 6.07) is 0. The molecule has 0 aliphatic heterocycles. The zero-order valence-corrected chi connectivity index (χ0v) is 8.72. The van der Waals surface area contributed by atoms with Gasteiger partial charge >= 0.3 is 6.18 Å². The van der Waals surface area contributed by atoms with E-state index in [9.17, 15) is 13.2 Å². The minimum atomic E-state index is -4.32. The largest absolute Gasteiger partial charge is 0.443 e. The van der Waals surface area contributed by atoms with Gasteiger partial charge in [-0.3, -0.25) is 0 Å². The van der Waals surface area contributed by atoms with Crippen molar-refractivity contribution in [3.05, 3.63) is 15.6 Å². The summed E-state index contributed by atoms with van der Waals surface area (Å²) in [7, 11) is 0. The molecular formula is C8H11F3N2S. The Morgan fingerprint density at radius 3 is 2.50 bits per heavy atom. The quantitative estimate of drug-likeness (QED) is 0.853. The predicted octanol–water partition coefficient (Wildman–Crippen LogP) is 2.58. The van der Waals surface area contributed by atoms with Gasteiger partial charge in [-0.2, -0.15) is 13.2 Å². The molecule has 0 atom stereocenters. The molecule has 1 aromatic rings. The van der Waals surface area contributed by atoms with Gasteiger partial charge < -0.3 is 5.32 Å². The van der Waals surface area contributed by atoms with Crippen molar-refractivity contribution in [3.63, 3.8) is 0 Å². The molecule has 80 valence electrons. The summed E-state index contributed by atoms with van der Waals surface area (Å²) >= 11 is 0.708. The Morgan fingerprint density at radius 1 is 1.43 bits per heavy atom. The minimum Gasteiger partial charge on any atom is -0.312 e. The van der Waals surface area contributed by atoms with Gasteiger partial charge in [0.05, 0.1) is 5.69 Å². The first-order valence-electron chi connectivity index (χ1n) is 4.19. The average Bonchev–Trinajstić information content (AvgIpc) is 2.43. The highest BCUT2D eigenvalue weighted by molar-refractivity contribution is 7.11. The summed E-state index contributed by atoms with van der Waals surface area (Å²) < 4.78 is 36.7. The number of nitrogens with one attached hydrogen (secondary N) is 1. The molecule has 14 heavy (non-hydrogen) atoms. The first-order valence-corrected chi connectivity index (χ1v) is 5.01. The molecule has 0 radical (unpaired) electrons. The van der Waals surface area contributed by atoms with E-state index in [4.69, 9.17) is 0 Å². The van der Waals surface area contributed by atoms with Crippen LogP contribution in [0.1, 0.15) is 22.5 Å². The number of alkyl halides is 3. The summed E-state index contributed by atoms with van der Waals surface area (Å²) in [4.78, 5) is 4.14. The zero-order valence-electron chi connectivity index (χ0n) is 7.90. The number of nitrogens with zero attached hydrogens (tertiary/aromatic N) is 1. The maximum atomic E-state index is 12.2. The average molecular weight is 224 g/mol. The summed E-state index contributed by atoms with van der Waals surface area (Å²) in [5.41, 5.74) is 0.461. The topological polar surface area (TPSA) is 24.9 Å². The fourth-order valence-corrected chi connectivity index (χ4v) is 1.85. The van der Waals surface area contributed by atoms with Crippen molar-refractivity contribution in [1.82, 2.24) is 10.3 Å². The fourth-order valence-electron chi connectivity index (χ4n) is 0.952. The number of hydrogen-bond acceptors (Lipinski definition) is 3. The van der Waals surface area contributed by atoms with Gasteiger partial charge in [-0.15, -0.1) is 11.3 Å². The van der Waals surface area contributed by atoms with Crippen LogP contribution in [0.25, 0.3) is 0 Å². The van der Waals surface area contributed by atoms with Crippen LogP contribution in [-0.4, -0.2) is 11.5 Å². The Bertz CT molecular complexity index is 306. The standard InChI is InChI=1S/C8H11F3N2S/c1-3-12-4-6-5(2)13-7(14-6)8(9,10)11/h12H,3-4H2,1-2H3. The predicted molar refractivity (Wildman–Crippen MR) is 49.2 cm³/mol. The van der Waals surface area contributed by atoms with E-state index in [0.29, 0.717) is 28.5 Å². The minimum absolute atomic E-state index is 0.454. The van der Waals surface area contributed by atoms with Crippen molar-refractivity contribution in [1.29, 1.82) is 0 Å². The van der Waals surface area contributed by atoms with Gasteiger partial charge in [0.15, 0.2) is 5.01 Å². The first kappa shape index (κ1) is 11.5. The monoisotopic (exact) mass is 224 g/mol. The lowest BCUT2D eigenvalue weighted by Crippen LogP contribution is -2.11. The van der Waals surface area contributed by atoms with Gasteiger partial charge in [-0.25, -0.2) is 4.98 Å². The highest BCUT2D eigenvalue weighted by Gasteiger charge is 2.35. The molecule has 0 unspecified atom stereocenters. The molecule has 1 aromatic heterocycles. The van der Waals surface area contributed by atoms with Crippen molar-refractivity contribution >= 4 is 11.3 Å². The van der Waals surface area contributed by atoms with E-state index in [1.54, 1.807) is 6.92 Å². The molecule has 0 aliphatic carbocycles. The molecule has 0 saturated carbocycles. The maximum absolute atomic E-state index is 12.2. The first-order chi connectivity index (χ1) is 6.45. The normalized spacial score (nSPS) is 12.1. The molecule has 2 nitrogen and oxygen atoms in total. The van der Waals surface area contributed by atoms with Crippen molar-refractivity contribution < 1.29 is 13.2 Å². The van der Waals surface area contributed by atoms with Crippen molar-refractivity contribution in [3.8, 4) is 0 Å². The van der Waals surface area contributed by atoms with E-state index in [1.165, 1.54) is 0 Å². The Morgan fingerprint density at radius 2 is 2.07 bits per heavy atom. The lowest BCUT2D eigenvalue weighted by molar-refractivity contribution is -0.137. The highest BCUT2D eigenvalue weighted by atomic mass is 32.1. The van der Waals surface area contributed by atoms with E-state index in [0.717, 1.165) is 6.54 Å². The van der Waals surface area contributed by atoms with E-state index in [-0.39, 0.29) is 0 Å². The molecule has 6 heteroatoms. The summed E-state index contributed by atoms with van der Waals surface area (Å²) in [5, 5.41) is 2.21. The van der Waals surface area contributed by atoms with E-state index >= 15 is 0 Å². The third-order valence-corrected chi connectivity index (χ3v) is 2.87. The second kappa shape index (κ2) is 4.27. The summed E-state index contributed by atoms with van der Waals surface area (Å²) in [5.74, 6) is 0. The summed E-state index contributed by atoms with van der Waals surface area (Å²) in [6.45, 7) is 4.69. The molecule has 0 saturated heterocycles. The molecule has 0 fully saturated rings. The lowest BCUT2D eigenvalue weighted by Gasteiger charge is -1.99. The van der Waals surface area contributed by atoms with Crippen molar-refractivity contribution in [2.45, 2.75) is 26.6 Å². The molecule has 0 bridgehead atoms. The molecule has 0 aliphatic rings. The smallest absolute Gasteiger partial charge is 0.312 e. The second-order valence-electron chi connectivity index (χ2n) is 2.81. The highest BCUT2D eigenvalue weighted by Crippen LogP contribution is 2.33. The molecule has 1 heterocycles. The van der Waals surface area contributed by atoms with Gasteiger partial charge in [0.25, 0.3) is 0 Å². The van der Waals surface area contributed by atoms with E-state index < -0.39 is 11.2 Å². The van der Waals surface area contributed by atoms with Gasteiger partial charge in [0.1, 0.15) is 0 Å². The molecule has 1 N–H and O–H groups in total. The van der Waals surface area contributed by atoms with E-state index in [1.807, 2.05) is 6.92 Å².